The summed E-state index contributed by atoms with van der Waals surface area (Å²) >= 11 is 0. The molecule has 4 aromatic rings. The highest BCUT2D eigenvalue weighted by Crippen LogP contribution is 2.34. The molecule has 2 N–H and O–H groups in total. The molecular weight excluding hydrogens is 584 g/mol. The highest BCUT2D eigenvalue weighted by atomic mass is 16.3. The number of aromatic nitrogens is 4. The van der Waals surface area contributed by atoms with Crippen molar-refractivity contribution in [1.29, 1.82) is 0 Å². The van der Waals surface area contributed by atoms with Gasteiger partial charge in [0.15, 0.2) is 5.82 Å². The summed E-state index contributed by atoms with van der Waals surface area (Å²) in [5, 5.41) is 13.7. The number of carbonyl (C=O) groups is 2. The predicted octanol–water partition coefficient (Wildman–Crippen LogP) is 2.86. The number of carbonyl (C=O) groups excluding carboxylic acids is 2. The van der Waals surface area contributed by atoms with Gasteiger partial charge in [0.1, 0.15) is 17.6 Å². The SMILES string of the molecule is CN1CCN(C)C(c2ccc(Nc3nc(-c4ccnc(N5CCn6c(cc7c6CCCC7)C5=O)c4CO)cn(C)c3=O)cc2)C1=O. The van der Waals surface area contributed by atoms with Crippen LogP contribution >= 0.6 is 0 Å². The quantitative estimate of drug-likeness (QED) is 0.336. The first-order valence-electron chi connectivity index (χ1n) is 15.8. The number of benzene rings is 1. The van der Waals surface area contributed by atoms with Crippen LogP contribution in [0.15, 0.2) is 53.6 Å². The topological polar surface area (TPSA) is 129 Å². The number of aliphatic hydroxyl groups excluding tert-OH is 1. The smallest absolute Gasteiger partial charge is 0.293 e. The largest absolute Gasteiger partial charge is 0.392 e. The molecule has 238 valence electrons. The Bertz CT molecular complexity index is 1900. The first-order chi connectivity index (χ1) is 22.2. The zero-order valence-electron chi connectivity index (χ0n) is 26.4. The Labute approximate surface area is 266 Å². The summed E-state index contributed by atoms with van der Waals surface area (Å²) in [7, 11) is 5.40. The van der Waals surface area contributed by atoms with E-state index in [9.17, 15) is 19.5 Å². The van der Waals surface area contributed by atoms with E-state index in [1.54, 1.807) is 35.3 Å². The van der Waals surface area contributed by atoms with Gasteiger partial charge in [-0.2, -0.15) is 0 Å². The summed E-state index contributed by atoms with van der Waals surface area (Å²) in [4.78, 5) is 54.4. The maximum atomic E-state index is 13.8. The molecular formula is C34H38N8O4. The summed E-state index contributed by atoms with van der Waals surface area (Å²) in [6, 6.07) is 10.8. The Hall–Kier alpha value is -4.81. The van der Waals surface area contributed by atoms with Crippen LogP contribution in [0.1, 0.15) is 51.8 Å². The summed E-state index contributed by atoms with van der Waals surface area (Å²) in [6.07, 6.45) is 7.48. The number of likely N-dealkylation sites (N-methyl/N-ethyl adjacent to an activating group) is 2. The number of nitrogens with zero attached hydrogens (tertiary/aromatic N) is 7. The number of hydrogen-bond acceptors (Lipinski definition) is 8. The highest BCUT2D eigenvalue weighted by Gasteiger charge is 2.33. The second kappa shape index (κ2) is 11.8. The lowest BCUT2D eigenvalue weighted by molar-refractivity contribution is -0.139. The number of hydrogen-bond donors (Lipinski definition) is 2. The van der Waals surface area contributed by atoms with Crippen LogP contribution in [0.5, 0.6) is 0 Å². The van der Waals surface area contributed by atoms with Gasteiger partial charge in [-0.1, -0.05) is 12.1 Å². The van der Waals surface area contributed by atoms with Gasteiger partial charge in [0.25, 0.3) is 11.5 Å². The Balaban J connectivity index is 1.19. The van der Waals surface area contributed by atoms with Crippen LogP contribution in [0.4, 0.5) is 17.3 Å². The van der Waals surface area contributed by atoms with Gasteiger partial charge in [-0.15, -0.1) is 0 Å². The zero-order valence-corrected chi connectivity index (χ0v) is 26.4. The van der Waals surface area contributed by atoms with E-state index in [1.165, 1.54) is 15.8 Å². The first-order valence-corrected chi connectivity index (χ1v) is 15.8. The lowest BCUT2D eigenvalue weighted by Gasteiger charge is -2.37. The number of aliphatic hydroxyl groups is 1. The molecule has 12 nitrogen and oxygen atoms in total. The molecule has 0 saturated carbocycles. The molecule has 1 unspecified atom stereocenters. The fraction of sp³-hybridized carbons (Fsp3) is 0.382. The standard InChI is InChI=1S/C34H38N8O4/c1-38-14-15-39(2)33(45)29(38)21-8-10-23(11-9-21)36-30-34(46)40(3)19-26(37-30)24-12-13-35-31(25(24)20-43)42-17-16-41-27-7-5-4-6-22(27)18-28(41)32(42)44/h8-13,18-19,29,43H,4-7,14-17,20H2,1-3H3,(H,36,37). The molecule has 0 radical (unpaired) electrons. The minimum absolute atomic E-state index is 0.0495. The molecule has 0 bridgehead atoms. The average molecular weight is 623 g/mol. The van der Waals surface area contributed by atoms with Gasteiger partial charge in [-0.3, -0.25) is 24.2 Å². The lowest BCUT2D eigenvalue weighted by atomic mass is 9.98. The van der Waals surface area contributed by atoms with E-state index in [0.717, 1.165) is 37.8 Å². The van der Waals surface area contributed by atoms with Crippen LogP contribution in [0.25, 0.3) is 11.3 Å². The molecule has 1 fully saturated rings. The van der Waals surface area contributed by atoms with E-state index in [4.69, 9.17) is 0 Å². The molecule has 46 heavy (non-hydrogen) atoms. The number of anilines is 3. The van der Waals surface area contributed by atoms with E-state index in [0.29, 0.717) is 53.7 Å². The van der Waals surface area contributed by atoms with Crippen molar-refractivity contribution in [2.24, 2.45) is 7.05 Å². The van der Waals surface area contributed by atoms with Crippen LogP contribution in [0.2, 0.25) is 0 Å². The summed E-state index contributed by atoms with van der Waals surface area (Å²) in [5.41, 5.74) is 5.88. The number of amides is 2. The number of rotatable bonds is 6. The molecule has 5 heterocycles. The Morgan fingerprint density at radius 2 is 1.74 bits per heavy atom. The number of piperazine rings is 1. The maximum Gasteiger partial charge on any atom is 0.293 e. The summed E-state index contributed by atoms with van der Waals surface area (Å²) in [6.45, 7) is 2.22. The average Bonchev–Trinajstić information content (AvgIpc) is 3.45. The molecule has 3 aromatic heterocycles. The predicted molar refractivity (Wildman–Crippen MR) is 174 cm³/mol. The Morgan fingerprint density at radius 1 is 0.957 bits per heavy atom. The fourth-order valence-corrected chi connectivity index (χ4v) is 6.99. The van der Waals surface area contributed by atoms with E-state index >= 15 is 0 Å². The van der Waals surface area contributed by atoms with Crippen LogP contribution < -0.4 is 15.8 Å². The first kappa shape index (κ1) is 29.9. The minimum Gasteiger partial charge on any atom is -0.392 e. The molecule has 2 amide bonds. The van der Waals surface area contributed by atoms with Gasteiger partial charge in [-0.25, -0.2) is 9.97 Å². The fourth-order valence-electron chi connectivity index (χ4n) is 6.99. The molecule has 1 saturated heterocycles. The van der Waals surface area contributed by atoms with Crippen molar-refractivity contribution < 1.29 is 14.7 Å². The van der Waals surface area contributed by atoms with Crippen molar-refractivity contribution in [3.8, 4) is 11.3 Å². The summed E-state index contributed by atoms with van der Waals surface area (Å²) < 4.78 is 3.59. The molecule has 0 spiro atoms. The van der Waals surface area contributed by atoms with Crippen molar-refractivity contribution in [1.82, 2.24) is 28.9 Å². The van der Waals surface area contributed by atoms with Crippen molar-refractivity contribution in [2.45, 2.75) is 44.9 Å². The van der Waals surface area contributed by atoms with Gasteiger partial charge < -0.3 is 24.5 Å². The lowest BCUT2D eigenvalue weighted by Crippen LogP contribution is -2.48. The molecule has 1 atom stereocenters. The third-order valence-electron chi connectivity index (χ3n) is 9.54. The van der Waals surface area contributed by atoms with Crippen LogP contribution in [-0.4, -0.2) is 79.6 Å². The third kappa shape index (κ3) is 5.07. The van der Waals surface area contributed by atoms with Crippen molar-refractivity contribution >= 4 is 29.1 Å². The van der Waals surface area contributed by atoms with Gasteiger partial charge in [0.05, 0.1) is 12.3 Å². The maximum absolute atomic E-state index is 13.8. The number of pyridine rings is 1. The highest BCUT2D eigenvalue weighted by molar-refractivity contribution is 6.06. The number of nitrogens with one attached hydrogen (secondary N) is 1. The minimum atomic E-state index is -0.363. The van der Waals surface area contributed by atoms with Crippen LogP contribution in [0, 0.1) is 0 Å². The van der Waals surface area contributed by atoms with E-state index in [1.807, 2.05) is 49.3 Å². The summed E-state index contributed by atoms with van der Waals surface area (Å²) in [5.74, 6) is 0.419. The van der Waals surface area contributed by atoms with E-state index < -0.39 is 0 Å². The van der Waals surface area contributed by atoms with Crippen molar-refractivity contribution in [2.75, 3.05) is 43.9 Å². The number of fused-ring (bicyclic) bond motifs is 3. The van der Waals surface area contributed by atoms with E-state index in [-0.39, 0.29) is 35.8 Å². The molecule has 1 aromatic carbocycles. The molecule has 1 aliphatic carbocycles. The van der Waals surface area contributed by atoms with Crippen molar-refractivity contribution in [3.05, 3.63) is 87.2 Å². The molecule has 3 aliphatic rings. The third-order valence-corrected chi connectivity index (χ3v) is 9.54. The van der Waals surface area contributed by atoms with Gasteiger partial charge >= 0.3 is 0 Å². The van der Waals surface area contributed by atoms with Gasteiger partial charge in [-0.05, 0) is 68.1 Å². The van der Waals surface area contributed by atoms with Gasteiger partial charge in [0.2, 0.25) is 5.91 Å². The second-order valence-corrected chi connectivity index (χ2v) is 12.4. The monoisotopic (exact) mass is 622 g/mol. The molecule has 2 aliphatic heterocycles. The zero-order chi connectivity index (χ0) is 32.1. The van der Waals surface area contributed by atoms with Gasteiger partial charge in [0, 0.05) is 75.2 Å². The van der Waals surface area contributed by atoms with E-state index in [2.05, 4.69) is 19.9 Å². The van der Waals surface area contributed by atoms with Crippen LogP contribution in [-0.2, 0) is 37.8 Å². The molecule has 7 rings (SSSR count). The Morgan fingerprint density at radius 3 is 2.52 bits per heavy atom. The Kier molecular flexibility index (Phi) is 7.69. The van der Waals surface area contributed by atoms with Crippen molar-refractivity contribution in [3.63, 3.8) is 0 Å². The second-order valence-electron chi connectivity index (χ2n) is 12.4. The van der Waals surface area contributed by atoms with Crippen LogP contribution in [0.3, 0.4) is 0 Å². The number of aryl methyl sites for hydroxylation is 2. The molecule has 12 heteroatoms. The normalized spacial score (nSPS) is 18.5.